The first kappa shape index (κ1) is 11.7. The molecule has 4 heteroatoms. The molecule has 1 rings (SSSR count). The summed E-state index contributed by atoms with van der Waals surface area (Å²) in [6.07, 6.45) is 1.35. The minimum atomic E-state index is -1.17. The Morgan fingerprint density at radius 1 is 1.27 bits per heavy atom. The van der Waals surface area contributed by atoms with Gasteiger partial charge in [0.1, 0.15) is 13.2 Å². The number of benzene rings is 1. The van der Waals surface area contributed by atoms with Crippen LogP contribution in [-0.4, -0.2) is 39.9 Å². The lowest BCUT2D eigenvalue weighted by Crippen LogP contribution is -2.44. The van der Waals surface area contributed by atoms with Gasteiger partial charge in [0.2, 0.25) is 5.54 Å². The molecule has 0 unspecified atom stereocenters. The highest BCUT2D eigenvalue weighted by atomic mass is 16.5. The Bertz CT molecular complexity index is 331. The molecule has 0 fully saturated rings. The van der Waals surface area contributed by atoms with E-state index in [1.807, 2.05) is 18.2 Å². The Morgan fingerprint density at radius 2 is 1.80 bits per heavy atom. The molecule has 0 saturated heterocycles. The maximum absolute atomic E-state index is 11.6. The average molecular weight is 209 g/mol. The predicted octanol–water partition coefficient (Wildman–Crippen LogP) is 0.359. The van der Waals surface area contributed by atoms with Gasteiger partial charge in [-0.2, -0.15) is 0 Å². The lowest BCUT2D eigenvalue weighted by Gasteiger charge is -2.23. The third-order valence-electron chi connectivity index (χ3n) is 2.28. The molecule has 82 valence electrons. The highest BCUT2D eigenvalue weighted by molar-refractivity contribution is 5.75. The van der Waals surface area contributed by atoms with E-state index in [0.29, 0.717) is 4.74 Å². The quantitative estimate of drug-likeness (QED) is 0.325. The minimum Gasteiger partial charge on any atom is -0.623 e. The molecule has 0 radical (unpaired) electrons. The highest BCUT2D eigenvalue weighted by Gasteiger charge is 2.30. The predicted molar refractivity (Wildman–Crippen MR) is 57.8 cm³/mol. The summed E-state index contributed by atoms with van der Waals surface area (Å²) >= 11 is 0. The van der Waals surface area contributed by atoms with Crippen LogP contribution in [0.1, 0.15) is 12.5 Å². The first-order valence-corrected chi connectivity index (χ1v) is 4.70. The maximum Gasteiger partial charge on any atom is 0.215 e. The molecule has 0 aromatic heterocycles. The van der Waals surface area contributed by atoms with Gasteiger partial charge < -0.3 is 15.4 Å². The van der Waals surface area contributed by atoms with Crippen LogP contribution in [0.4, 0.5) is 0 Å². The van der Waals surface area contributed by atoms with Crippen molar-refractivity contribution in [3.63, 3.8) is 0 Å². The largest absolute Gasteiger partial charge is 0.623 e. The zero-order chi connectivity index (χ0) is 11.3. The molecule has 0 saturated carbocycles. The minimum absolute atomic E-state index is 0.393. The molecule has 0 heterocycles. The molecule has 1 aromatic rings. The summed E-state index contributed by atoms with van der Waals surface area (Å²) in [6.45, 7) is 0.714. The standard InChI is InChI=1S/C11H15NO3/c1-11(8-13,9-14)12(15)7-10-5-3-2-4-6-10/h2-7,13-14H,8-9H2,1H3/b12-7-. The molecule has 2 N–H and O–H groups in total. The van der Waals surface area contributed by atoms with E-state index in [9.17, 15) is 5.21 Å². The first-order chi connectivity index (χ1) is 7.12. The fraction of sp³-hybridized carbons (Fsp3) is 0.364. The smallest absolute Gasteiger partial charge is 0.215 e. The monoisotopic (exact) mass is 209 g/mol. The Kier molecular flexibility index (Phi) is 3.82. The zero-order valence-electron chi connectivity index (χ0n) is 8.63. The second kappa shape index (κ2) is 4.91. The molecule has 0 amide bonds. The molecule has 15 heavy (non-hydrogen) atoms. The number of hydroxylamine groups is 1. The van der Waals surface area contributed by atoms with E-state index >= 15 is 0 Å². The van der Waals surface area contributed by atoms with Crippen LogP contribution in [0.15, 0.2) is 30.3 Å². The molecular weight excluding hydrogens is 194 g/mol. The molecular formula is C11H15NO3. The first-order valence-electron chi connectivity index (χ1n) is 4.70. The topological polar surface area (TPSA) is 66.5 Å². The third-order valence-corrected chi connectivity index (χ3v) is 2.28. The summed E-state index contributed by atoms with van der Waals surface area (Å²) in [5.74, 6) is 0. The summed E-state index contributed by atoms with van der Waals surface area (Å²) in [5.41, 5.74) is -0.434. The van der Waals surface area contributed by atoms with Crippen LogP contribution < -0.4 is 0 Å². The van der Waals surface area contributed by atoms with Crippen molar-refractivity contribution in [3.05, 3.63) is 41.1 Å². The normalized spacial score (nSPS) is 12.9. The molecule has 0 atom stereocenters. The van der Waals surface area contributed by atoms with Crippen LogP contribution in [-0.2, 0) is 0 Å². The molecule has 0 aliphatic carbocycles. The lowest BCUT2D eigenvalue weighted by molar-refractivity contribution is -0.548. The Balaban J connectivity index is 2.93. The van der Waals surface area contributed by atoms with Crippen molar-refractivity contribution in [1.29, 1.82) is 0 Å². The van der Waals surface area contributed by atoms with Gasteiger partial charge in [-0.1, -0.05) is 18.2 Å². The van der Waals surface area contributed by atoms with Crippen molar-refractivity contribution >= 4 is 6.21 Å². The number of aliphatic hydroxyl groups excluding tert-OH is 2. The van der Waals surface area contributed by atoms with E-state index in [1.165, 1.54) is 13.1 Å². The summed E-state index contributed by atoms with van der Waals surface area (Å²) in [7, 11) is 0. The SMILES string of the molecule is CC(CO)(CO)/[N+]([O-])=C/c1ccccc1. The van der Waals surface area contributed by atoms with Crippen molar-refractivity contribution in [2.45, 2.75) is 12.5 Å². The van der Waals surface area contributed by atoms with Gasteiger partial charge >= 0.3 is 0 Å². The fourth-order valence-electron chi connectivity index (χ4n) is 1.02. The number of rotatable bonds is 4. The van der Waals surface area contributed by atoms with Crippen molar-refractivity contribution < 1.29 is 15.0 Å². The maximum atomic E-state index is 11.6. The summed E-state index contributed by atoms with van der Waals surface area (Å²) in [4.78, 5) is 0. The van der Waals surface area contributed by atoms with Crippen LogP contribution in [0, 0.1) is 5.21 Å². The van der Waals surface area contributed by atoms with Gasteiger partial charge in [0, 0.05) is 12.5 Å². The van der Waals surface area contributed by atoms with Crippen LogP contribution in [0.2, 0.25) is 0 Å². The van der Waals surface area contributed by atoms with E-state index in [0.717, 1.165) is 5.56 Å². The van der Waals surface area contributed by atoms with Crippen LogP contribution in [0.3, 0.4) is 0 Å². The third kappa shape index (κ3) is 2.78. The van der Waals surface area contributed by atoms with E-state index in [1.54, 1.807) is 12.1 Å². The summed E-state index contributed by atoms with van der Waals surface area (Å²) in [5, 5.41) is 29.7. The Hall–Kier alpha value is -1.39. The number of hydrogen-bond acceptors (Lipinski definition) is 3. The van der Waals surface area contributed by atoms with Gasteiger partial charge in [-0.15, -0.1) is 0 Å². The van der Waals surface area contributed by atoms with Crippen molar-refractivity contribution in [2.75, 3.05) is 13.2 Å². The Labute approximate surface area is 88.7 Å². The zero-order valence-corrected chi connectivity index (χ0v) is 8.63. The van der Waals surface area contributed by atoms with Crippen molar-refractivity contribution in [2.24, 2.45) is 0 Å². The number of aliphatic hydroxyl groups is 2. The van der Waals surface area contributed by atoms with Crippen molar-refractivity contribution in [3.8, 4) is 0 Å². The molecule has 0 aliphatic rings. The molecule has 4 nitrogen and oxygen atoms in total. The molecule has 0 aliphatic heterocycles. The van der Waals surface area contributed by atoms with Gasteiger partial charge in [0.25, 0.3) is 0 Å². The number of nitrogens with zero attached hydrogens (tertiary/aromatic N) is 1. The van der Waals surface area contributed by atoms with Gasteiger partial charge in [0.05, 0.1) is 0 Å². The molecule has 1 aromatic carbocycles. The van der Waals surface area contributed by atoms with Gasteiger partial charge in [-0.05, 0) is 12.1 Å². The summed E-state index contributed by atoms with van der Waals surface area (Å²) in [6, 6.07) is 9.04. The van der Waals surface area contributed by atoms with Crippen LogP contribution >= 0.6 is 0 Å². The molecule has 0 bridgehead atoms. The van der Waals surface area contributed by atoms with Crippen LogP contribution in [0.25, 0.3) is 0 Å². The van der Waals surface area contributed by atoms with E-state index < -0.39 is 18.8 Å². The number of hydrogen-bond donors (Lipinski definition) is 2. The van der Waals surface area contributed by atoms with Crippen molar-refractivity contribution in [1.82, 2.24) is 0 Å². The summed E-state index contributed by atoms with van der Waals surface area (Å²) < 4.78 is 0.586. The van der Waals surface area contributed by atoms with Gasteiger partial charge in [0.15, 0.2) is 6.21 Å². The van der Waals surface area contributed by atoms with Crippen LogP contribution in [0.5, 0.6) is 0 Å². The molecule has 0 spiro atoms. The lowest BCUT2D eigenvalue weighted by atomic mass is 10.1. The second-order valence-electron chi connectivity index (χ2n) is 3.68. The van der Waals surface area contributed by atoms with E-state index in [2.05, 4.69) is 0 Å². The van der Waals surface area contributed by atoms with Gasteiger partial charge in [-0.25, -0.2) is 4.74 Å². The Morgan fingerprint density at radius 3 is 2.27 bits per heavy atom. The van der Waals surface area contributed by atoms with Gasteiger partial charge in [-0.3, -0.25) is 0 Å². The second-order valence-corrected chi connectivity index (χ2v) is 3.68. The van der Waals surface area contributed by atoms with E-state index in [-0.39, 0.29) is 0 Å². The average Bonchev–Trinajstić information content (AvgIpc) is 2.29. The van der Waals surface area contributed by atoms with E-state index in [4.69, 9.17) is 10.2 Å². The highest BCUT2D eigenvalue weighted by Crippen LogP contribution is 2.07. The fourth-order valence-corrected chi connectivity index (χ4v) is 1.02.